The number of carbonyl (C=O) groups excluding carboxylic acids is 1. The van der Waals surface area contributed by atoms with Crippen molar-refractivity contribution in [2.24, 2.45) is 23.5 Å². The molecule has 2 saturated carbocycles. The van der Waals surface area contributed by atoms with E-state index in [1.165, 1.54) is 30.4 Å². The number of hydrogen-bond donors (Lipinski definition) is 2. The number of fused-ring (bicyclic) bond motifs is 3. The lowest BCUT2D eigenvalue weighted by Crippen LogP contribution is -2.49. The van der Waals surface area contributed by atoms with E-state index < -0.39 is 0 Å². The molecular formula is C21H30N2O. The summed E-state index contributed by atoms with van der Waals surface area (Å²) in [6.45, 7) is 4.56. The number of nitrogens with two attached hydrogens (primary N) is 1. The van der Waals surface area contributed by atoms with E-state index in [1.807, 2.05) is 0 Å². The van der Waals surface area contributed by atoms with Gasteiger partial charge in [0.1, 0.15) is 0 Å². The third-order valence-corrected chi connectivity index (χ3v) is 6.88. The van der Waals surface area contributed by atoms with E-state index >= 15 is 0 Å². The first-order chi connectivity index (χ1) is 11.5. The van der Waals surface area contributed by atoms with E-state index in [0.29, 0.717) is 17.9 Å². The van der Waals surface area contributed by atoms with Crippen molar-refractivity contribution < 1.29 is 4.79 Å². The lowest BCUT2D eigenvalue weighted by molar-refractivity contribution is -0.128. The quantitative estimate of drug-likeness (QED) is 0.871. The van der Waals surface area contributed by atoms with E-state index in [0.717, 1.165) is 19.3 Å². The Balaban J connectivity index is 1.48. The first-order valence-corrected chi connectivity index (χ1v) is 9.61. The molecule has 4 rings (SSSR count). The SMILES string of the molecule is CC1(C)CC(NC(=O)C2CC3CCCC(C2)C3N)c2ccccc21. The van der Waals surface area contributed by atoms with Gasteiger partial charge in [-0.3, -0.25) is 4.79 Å². The normalized spacial score (nSPS) is 36.9. The molecule has 3 heteroatoms. The van der Waals surface area contributed by atoms with Crippen LogP contribution in [-0.4, -0.2) is 11.9 Å². The second-order valence-electron chi connectivity index (χ2n) is 8.93. The molecule has 0 spiro atoms. The number of carbonyl (C=O) groups is 1. The van der Waals surface area contributed by atoms with Gasteiger partial charge in [-0.1, -0.05) is 44.5 Å². The molecule has 0 radical (unpaired) electrons. The third kappa shape index (κ3) is 2.67. The van der Waals surface area contributed by atoms with Gasteiger partial charge in [-0.25, -0.2) is 0 Å². The maximum Gasteiger partial charge on any atom is 0.223 e. The number of rotatable bonds is 2. The summed E-state index contributed by atoms with van der Waals surface area (Å²) in [6, 6.07) is 9.08. The Morgan fingerprint density at radius 2 is 1.83 bits per heavy atom. The minimum Gasteiger partial charge on any atom is -0.349 e. The van der Waals surface area contributed by atoms with Crippen LogP contribution in [0.5, 0.6) is 0 Å². The fourth-order valence-electron chi connectivity index (χ4n) is 5.57. The molecule has 0 aromatic heterocycles. The molecule has 1 amide bonds. The van der Waals surface area contributed by atoms with Crippen molar-refractivity contribution in [3.05, 3.63) is 35.4 Å². The van der Waals surface area contributed by atoms with Crippen LogP contribution in [0.3, 0.4) is 0 Å². The highest BCUT2D eigenvalue weighted by Crippen LogP contribution is 2.45. The molecule has 24 heavy (non-hydrogen) atoms. The van der Waals surface area contributed by atoms with Gasteiger partial charge < -0.3 is 11.1 Å². The lowest BCUT2D eigenvalue weighted by Gasteiger charge is -2.43. The van der Waals surface area contributed by atoms with Crippen molar-refractivity contribution in [2.75, 3.05) is 0 Å². The molecule has 3 unspecified atom stereocenters. The highest BCUT2D eigenvalue weighted by Gasteiger charge is 2.42. The average Bonchev–Trinajstić information content (AvgIpc) is 2.78. The minimum atomic E-state index is 0.139. The van der Waals surface area contributed by atoms with Crippen LogP contribution in [0, 0.1) is 17.8 Å². The van der Waals surface area contributed by atoms with Crippen LogP contribution in [0.2, 0.25) is 0 Å². The number of benzene rings is 1. The third-order valence-electron chi connectivity index (χ3n) is 6.88. The molecular weight excluding hydrogens is 296 g/mol. The maximum atomic E-state index is 13.0. The van der Waals surface area contributed by atoms with Gasteiger partial charge in [0.15, 0.2) is 0 Å². The Labute approximate surface area is 145 Å². The Hall–Kier alpha value is -1.35. The van der Waals surface area contributed by atoms with Crippen molar-refractivity contribution in [1.82, 2.24) is 5.32 Å². The number of nitrogens with one attached hydrogen (secondary N) is 1. The van der Waals surface area contributed by atoms with Crippen LogP contribution in [0.1, 0.15) is 69.5 Å². The largest absolute Gasteiger partial charge is 0.349 e. The number of hydrogen-bond acceptors (Lipinski definition) is 2. The standard InChI is InChI=1S/C21H30N2O/c1-21(2)12-18(16-8-3-4-9-17(16)21)23-20(24)15-10-13-6-5-7-14(11-15)19(13)22/h3-4,8-9,13-15,18-19H,5-7,10-12,22H2,1-2H3,(H,23,24). The van der Waals surface area contributed by atoms with Gasteiger partial charge in [-0.15, -0.1) is 0 Å². The molecule has 3 nitrogen and oxygen atoms in total. The highest BCUT2D eigenvalue weighted by molar-refractivity contribution is 5.79. The van der Waals surface area contributed by atoms with Crippen LogP contribution in [-0.2, 0) is 10.2 Å². The van der Waals surface area contributed by atoms with Gasteiger partial charge in [0.2, 0.25) is 5.91 Å². The Bertz CT molecular complexity index is 624. The van der Waals surface area contributed by atoms with Crippen molar-refractivity contribution in [3.63, 3.8) is 0 Å². The molecule has 0 saturated heterocycles. The van der Waals surface area contributed by atoms with Crippen LogP contribution < -0.4 is 11.1 Å². The summed E-state index contributed by atoms with van der Waals surface area (Å²) >= 11 is 0. The first-order valence-electron chi connectivity index (χ1n) is 9.61. The average molecular weight is 326 g/mol. The highest BCUT2D eigenvalue weighted by atomic mass is 16.1. The summed E-state index contributed by atoms with van der Waals surface area (Å²) in [7, 11) is 0. The zero-order chi connectivity index (χ0) is 16.9. The van der Waals surface area contributed by atoms with Crippen LogP contribution in [0.25, 0.3) is 0 Å². The topological polar surface area (TPSA) is 55.1 Å². The van der Waals surface area contributed by atoms with Gasteiger partial charge in [-0.2, -0.15) is 0 Å². The van der Waals surface area contributed by atoms with Gasteiger partial charge in [0, 0.05) is 12.0 Å². The molecule has 1 aromatic carbocycles. The smallest absolute Gasteiger partial charge is 0.223 e. The van der Waals surface area contributed by atoms with Crippen LogP contribution in [0.15, 0.2) is 24.3 Å². The monoisotopic (exact) mass is 326 g/mol. The van der Waals surface area contributed by atoms with E-state index in [1.54, 1.807) is 0 Å². The predicted molar refractivity (Wildman–Crippen MR) is 96.5 cm³/mol. The molecule has 3 atom stereocenters. The van der Waals surface area contributed by atoms with Crippen LogP contribution in [0.4, 0.5) is 0 Å². The molecule has 3 aliphatic rings. The maximum absolute atomic E-state index is 13.0. The van der Waals surface area contributed by atoms with E-state index in [4.69, 9.17) is 5.73 Å². The first kappa shape index (κ1) is 16.1. The minimum absolute atomic E-state index is 0.139. The summed E-state index contributed by atoms with van der Waals surface area (Å²) in [6.07, 6.45) is 6.68. The van der Waals surface area contributed by atoms with Crippen molar-refractivity contribution in [1.29, 1.82) is 0 Å². The molecule has 1 aromatic rings. The predicted octanol–water partition coefficient (Wildman–Crippen LogP) is 3.68. The Kier molecular flexibility index (Phi) is 3.95. The zero-order valence-corrected chi connectivity index (χ0v) is 14.9. The van der Waals surface area contributed by atoms with Crippen molar-refractivity contribution >= 4 is 5.91 Å². The summed E-state index contributed by atoms with van der Waals surface area (Å²) in [5, 5.41) is 3.38. The van der Waals surface area contributed by atoms with Crippen molar-refractivity contribution in [3.8, 4) is 0 Å². The van der Waals surface area contributed by atoms with E-state index in [2.05, 4.69) is 43.4 Å². The van der Waals surface area contributed by atoms with Gasteiger partial charge >= 0.3 is 0 Å². The summed E-state index contributed by atoms with van der Waals surface area (Å²) < 4.78 is 0. The van der Waals surface area contributed by atoms with Crippen LogP contribution >= 0.6 is 0 Å². The molecule has 0 aliphatic heterocycles. The Morgan fingerprint density at radius 1 is 1.17 bits per heavy atom. The van der Waals surface area contributed by atoms with Gasteiger partial charge in [-0.05, 0) is 60.5 Å². The second-order valence-corrected chi connectivity index (χ2v) is 8.93. The van der Waals surface area contributed by atoms with E-state index in [9.17, 15) is 4.79 Å². The molecule has 3 aliphatic carbocycles. The molecule has 3 N–H and O–H groups in total. The molecule has 2 fully saturated rings. The van der Waals surface area contributed by atoms with Gasteiger partial charge in [0.05, 0.1) is 6.04 Å². The summed E-state index contributed by atoms with van der Waals surface area (Å²) in [5.41, 5.74) is 9.21. The molecule has 2 bridgehead atoms. The second kappa shape index (κ2) is 5.87. The fraction of sp³-hybridized carbons (Fsp3) is 0.667. The molecule has 0 heterocycles. The zero-order valence-electron chi connectivity index (χ0n) is 14.9. The molecule has 130 valence electrons. The summed E-state index contributed by atoms with van der Waals surface area (Å²) in [5.74, 6) is 1.54. The Morgan fingerprint density at radius 3 is 2.54 bits per heavy atom. The fourth-order valence-corrected chi connectivity index (χ4v) is 5.57. The van der Waals surface area contributed by atoms with E-state index in [-0.39, 0.29) is 23.3 Å². The lowest BCUT2D eigenvalue weighted by atomic mass is 9.65. The number of amides is 1. The van der Waals surface area contributed by atoms with Gasteiger partial charge in [0.25, 0.3) is 0 Å². The summed E-state index contributed by atoms with van der Waals surface area (Å²) in [4.78, 5) is 13.0. The van der Waals surface area contributed by atoms with Crippen molar-refractivity contribution in [2.45, 2.75) is 69.9 Å².